The number of aromatic nitrogens is 2. The van der Waals surface area contributed by atoms with Crippen LogP contribution in [0.3, 0.4) is 0 Å². The molecule has 0 radical (unpaired) electrons. The maximum absolute atomic E-state index is 6.12. The minimum Gasteiger partial charge on any atom is -0.377 e. The molecule has 1 aromatic rings. The van der Waals surface area contributed by atoms with Gasteiger partial charge in [-0.25, -0.2) is 9.97 Å². The van der Waals surface area contributed by atoms with E-state index in [2.05, 4.69) is 16.9 Å². The first-order chi connectivity index (χ1) is 8.11. The van der Waals surface area contributed by atoms with Crippen LogP contribution in [0.25, 0.3) is 0 Å². The smallest absolute Gasteiger partial charge is 0.136 e. The lowest BCUT2D eigenvalue weighted by atomic mass is 10.3. The molecule has 2 heterocycles. The maximum Gasteiger partial charge on any atom is 0.136 e. The summed E-state index contributed by atoms with van der Waals surface area (Å²) in [5, 5.41) is 2.06. The maximum atomic E-state index is 6.12. The molecule has 1 aliphatic heterocycles. The van der Waals surface area contributed by atoms with E-state index in [1.54, 1.807) is 11.8 Å². The van der Waals surface area contributed by atoms with Gasteiger partial charge in [0.2, 0.25) is 0 Å². The van der Waals surface area contributed by atoms with Gasteiger partial charge < -0.3 is 4.74 Å². The van der Waals surface area contributed by atoms with Gasteiger partial charge in [-0.3, -0.25) is 0 Å². The summed E-state index contributed by atoms with van der Waals surface area (Å²) >= 11 is 7.89. The van der Waals surface area contributed by atoms with Gasteiger partial charge in [0.05, 0.1) is 6.10 Å². The molecular weight excluding hydrogens is 256 g/mol. The second-order valence-corrected chi connectivity index (χ2v) is 5.82. The molecule has 94 valence electrons. The van der Waals surface area contributed by atoms with Crippen LogP contribution in [0.1, 0.15) is 31.7 Å². The highest BCUT2D eigenvalue weighted by atomic mass is 35.5. The van der Waals surface area contributed by atoms with E-state index in [0.717, 1.165) is 35.9 Å². The van der Waals surface area contributed by atoms with Gasteiger partial charge in [0.15, 0.2) is 0 Å². The molecule has 2 atom stereocenters. The van der Waals surface area contributed by atoms with Gasteiger partial charge in [0, 0.05) is 23.8 Å². The average Bonchev–Trinajstić information content (AvgIpc) is 2.70. The number of ether oxygens (including phenoxy) is 1. The van der Waals surface area contributed by atoms with Crippen molar-refractivity contribution in [2.45, 2.75) is 50.0 Å². The van der Waals surface area contributed by atoms with Crippen molar-refractivity contribution in [3.63, 3.8) is 0 Å². The highest BCUT2D eigenvalue weighted by molar-refractivity contribution is 8.00. The summed E-state index contributed by atoms with van der Waals surface area (Å²) in [4.78, 5) is 8.82. The Hall–Kier alpha value is -0.320. The number of thioether (sulfide) groups is 1. The summed E-state index contributed by atoms with van der Waals surface area (Å²) in [5.74, 6) is 0.815. The van der Waals surface area contributed by atoms with E-state index in [-0.39, 0.29) is 0 Å². The first-order valence-corrected chi connectivity index (χ1v) is 7.18. The normalized spacial score (nSPS) is 24.2. The van der Waals surface area contributed by atoms with Gasteiger partial charge in [-0.15, -0.1) is 0 Å². The third-order valence-electron chi connectivity index (χ3n) is 2.97. The van der Waals surface area contributed by atoms with Crippen LogP contribution >= 0.6 is 23.4 Å². The molecule has 5 heteroatoms. The fourth-order valence-electron chi connectivity index (χ4n) is 1.79. The Bertz CT molecular complexity index is 414. The Morgan fingerprint density at radius 1 is 1.47 bits per heavy atom. The fraction of sp³-hybridized carbons (Fsp3) is 0.667. The summed E-state index contributed by atoms with van der Waals surface area (Å²) in [7, 11) is 0. The summed E-state index contributed by atoms with van der Waals surface area (Å²) in [6.07, 6.45) is 2.18. The lowest BCUT2D eigenvalue weighted by Crippen LogP contribution is -2.14. The van der Waals surface area contributed by atoms with Crippen LogP contribution in [0.4, 0.5) is 0 Å². The lowest BCUT2D eigenvalue weighted by molar-refractivity contribution is 0.127. The topological polar surface area (TPSA) is 35.0 Å². The number of halogens is 1. The molecule has 2 unspecified atom stereocenters. The van der Waals surface area contributed by atoms with E-state index in [4.69, 9.17) is 16.3 Å². The minimum atomic E-state index is 0.290. The molecule has 0 N–H and O–H groups in total. The van der Waals surface area contributed by atoms with Crippen molar-refractivity contribution in [3.05, 3.63) is 16.5 Å². The molecule has 17 heavy (non-hydrogen) atoms. The van der Waals surface area contributed by atoms with Crippen LogP contribution < -0.4 is 0 Å². The largest absolute Gasteiger partial charge is 0.377 e. The van der Waals surface area contributed by atoms with Crippen molar-refractivity contribution in [1.82, 2.24) is 9.97 Å². The molecule has 0 bridgehead atoms. The lowest BCUT2D eigenvalue weighted by Gasteiger charge is -2.15. The second-order valence-electron chi connectivity index (χ2n) is 4.24. The summed E-state index contributed by atoms with van der Waals surface area (Å²) in [6.45, 7) is 6.97. The Morgan fingerprint density at radius 3 is 2.82 bits per heavy atom. The van der Waals surface area contributed by atoms with Gasteiger partial charge in [0.25, 0.3) is 0 Å². The predicted octanol–water partition coefficient (Wildman–Crippen LogP) is 3.27. The van der Waals surface area contributed by atoms with Gasteiger partial charge in [-0.05, 0) is 20.3 Å². The van der Waals surface area contributed by atoms with E-state index in [9.17, 15) is 0 Å². The molecule has 1 aromatic heterocycles. The van der Waals surface area contributed by atoms with E-state index in [0.29, 0.717) is 16.5 Å². The highest BCUT2D eigenvalue weighted by Crippen LogP contribution is 2.34. The molecule has 1 fully saturated rings. The number of nitrogens with zero attached hydrogens (tertiary/aromatic N) is 2. The Balaban J connectivity index is 2.22. The van der Waals surface area contributed by atoms with E-state index in [1.807, 2.05) is 13.8 Å². The standard InChI is InChI=1S/C12H17ClN2OS/c1-4-10-14-11(13)7(2)12(15-10)17-9-5-6-16-8(9)3/h8-9H,4-6H2,1-3H3. The van der Waals surface area contributed by atoms with Gasteiger partial charge >= 0.3 is 0 Å². The van der Waals surface area contributed by atoms with Crippen molar-refractivity contribution in [2.24, 2.45) is 0 Å². The van der Waals surface area contributed by atoms with Gasteiger partial charge in [0.1, 0.15) is 16.0 Å². The van der Waals surface area contributed by atoms with Gasteiger partial charge in [-0.1, -0.05) is 30.3 Å². The van der Waals surface area contributed by atoms with Crippen molar-refractivity contribution < 1.29 is 4.74 Å². The zero-order valence-electron chi connectivity index (χ0n) is 10.4. The molecule has 1 saturated heterocycles. The Morgan fingerprint density at radius 2 is 2.24 bits per heavy atom. The minimum absolute atomic E-state index is 0.290. The SMILES string of the molecule is CCc1nc(Cl)c(C)c(SC2CCOC2C)n1. The second kappa shape index (κ2) is 5.55. The number of hydrogen-bond acceptors (Lipinski definition) is 4. The van der Waals surface area contributed by atoms with Crippen LogP contribution in [-0.2, 0) is 11.2 Å². The van der Waals surface area contributed by atoms with E-state index >= 15 is 0 Å². The van der Waals surface area contributed by atoms with E-state index < -0.39 is 0 Å². The zero-order valence-corrected chi connectivity index (χ0v) is 11.9. The molecule has 0 amide bonds. The Kier molecular flexibility index (Phi) is 4.28. The zero-order chi connectivity index (χ0) is 12.4. The van der Waals surface area contributed by atoms with Crippen molar-refractivity contribution in [3.8, 4) is 0 Å². The molecule has 0 aliphatic carbocycles. The van der Waals surface area contributed by atoms with Crippen molar-refractivity contribution in [2.75, 3.05) is 6.61 Å². The quantitative estimate of drug-likeness (QED) is 0.791. The van der Waals surface area contributed by atoms with Crippen molar-refractivity contribution in [1.29, 1.82) is 0 Å². The number of rotatable bonds is 3. The van der Waals surface area contributed by atoms with Crippen LogP contribution in [0.2, 0.25) is 5.15 Å². The highest BCUT2D eigenvalue weighted by Gasteiger charge is 2.26. The molecule has 0 saturated carbocycles. The summed E-state index contributed by atoms with van der Waals surface area (Å²) in [5.41, 5.74) is 0.980. The van der Waals surface area contributed by atoms with Crippen LogP contribution in [0.15, 0.2) is 5.03 Å². The van der Waals surface area contributed by atoms with Gasteiger partial charge in [-0.2, -0.15) is 0 Å². The molecule has 0 spiro atoms. The Labute approximate surface area is 111 Å². The third-order valence-corrected chi connectivity index (χ3v) is 4.88. The molecule has 1 aliphatic rings. The summed E-state index contributed by atoms with van der Waals surface area (Å²) < 4.78 is 5.57. The first-order valence-electron chi connectivity index (χ1n) is 5.93. The summed E-state index contributed by atoms with van der Waals surface area (Å²) in [6, 6.07) is 0. The molecule has 3 nitrogen and oxygen atoms in total. The van der Waals surface area contributed by atoms with Crippen molar-refractivity contribution >= 4 is 23.4 Å². The fourth-order valence-corrected chi connectivity index (χ4v) is 3.24. The predicted molar refractivity (Wildman–Crippen MR) is 70.8 cm³/mol. The number of aryl methyl sites for hydroxylation is 1. The molecule has 0 aromatic carbocycles. The number of hydrogen-bond donors (Lipinski definition) is 0. The van der Waals surface area contributed by atoms with Crippen LogP contribution in [0, 0.1) is 6.92 Å². The molecule has 2 rings (SSSR count). The third kappa shape index (κ3) is 2.92. The molecular formula is C12H17ClN2OS. The average molecular weight is 273 g/mol. The van der Waals surface area contributed by atoms with Crippen LogP contribution in [-0.4, -0.2) is 27.9 Å². The monoisotopic (exact) mass is 272 g/mol. The van der Waals surface area contributed by atoms with E-state index in [1.165, 1.54) is 0 Å². The van der Waals surface area contributed by atoms with Crippen LogP contribution in [0.5, 0.6) is 0 Å². The first kappa shape index (κ1) is 13.1.